The highest BCUT2D eigenvalue weighted by molar-refractivity contribution is 7.90. The molecule has 0 unspecified atom stereocenters. The van der Waals surface area contributed by atoms with Gasteiger partial charge >= 0.3 is 0 Å². The molecule has 0 aliphatic rings. The minimum atomic E-state index is -3.68. The lowest BCUT2D eigenvalue weighted by Gasteiger charge is -2.12. The van der Waals surface area contributed by atoms with Gasteiger partial charge in [0.1, 0.15) is 5.82 Å². The number of benzene rings is 2. The van der Waals surface area contributed by atoms with Crippen molar-refractivity contribution in [2.75, 3.05) is 5.73 Å². The third-order valence-corrected chi connectivity index (χ3v) is 4.98. The first-order valence-electron chi connectivity index (χ1n) is 6.14. The van der Waals surface area contributed by atoms with Gasteiger partial charge in [-0.05, 0) is 48.7 Å². The van der Waals surface area contributed by atoms with Gasteiger partial charge in [0.2, 0.25) is 0 Å². The molecule has 0 atom stereocenters. The lowest BCUT2D eigenvalue weighted by Crippen LogP contribution is -2.10. The highest BCUT2D eigenvalue weighted by Crippen LogP contribution is 2.25. The van der Waals surface area contributed by atoms with Crippen molar-refractivity contribution in [3.8, 4) is 0 Å². The third-order valence-electron chi connectivity index (χ3n) is 3.29. The number of rotatable bonds is 3. The average molecular weight is 293 g/mol. The fourth-order valence-electron chi connectivity index (χ4n) is 2.12. The van der Waals surface area contributed by atoms with E-state index in [1.54, 1.807) is 0 Å². The quantitative estimate of drug-likeness (QED) is 0.885. The zero-order valence-electron chi connectivity index (χ0n) is 11.4. The first-order valence-corrected chi connectivity index (χ1v) is 7.79. The molecule has 0 bridgehead atoms. The highest BCUT2D eigenvalue weighted by atomic mass is 32.2. The molecule has 3 nitrogen and oxygen atoms in total. The molecule has 2 aromatic rings. The Balaban J connectivity index is 2.49. The Morgan fingerprint density at radius 1 is 1.10 bits per heavy atom. The van der Waals surface area contributed by atoms with Crippen LogP contribution in [0.4, 0.5) is 10.1 Å². The molecule has 2 aromatic carbocycles. The Kier molecular flexibility index (Phi) is 3.81. The van der Waals surface area contributed by atoms with Crippen molar-refractivity contribution >= 4 is 15.5 Å². The third kappa shape index (κ3) is 2.82. The first-order chi connectivity index (χ1) is 9.31. The number of aryl methyl sites for hydroxylation is 2. The number of sulfone groups is 1. The van der Waals surface area contributed by atoms with Gasteiger partial charge in [-0.25, -0.2) is 12.8 Å². The summed E-state index contributed by atoms with van der Waals surface area (Å²) < 4.78 is 38.1. The first kappa shape index (κ1) is 14.5. The number of hydrogen-bond donors (Lipinski definition) is 1. The van der Waals surface area contributed by atoms with Gasteiger partial charge in [0.25, 0.3) is 0 Å². The van der Waals surface area contributed by atoms with Crippen molar-refractivity contribution in [1.29, 1.82) is 0 Å². The predicted molar refractivity (Wildman–Crippen MR) is 77.6 cm³/mol. The normalized spacial score (nSPS) is 11.6. The van der Waals surface area contributed by atoms with Gasteiger partial charge in [-0.1, -0.05) is 18.2 Å². The monoisotopic (exact) mass is 293 g/mol. The Bertz CT molecular complexity index is 734. The minimum Gasteiger partial charge on any atom is -0.398 e. The Morgan fingerprint density at radius 2 is 1.70 bits per heavy atom. The average Bonchev–Trinajstić information content (AvgIpc) is 2.37. The molecule has 0 aromatic heterocycles. The van der Waals surface area contributed by atoms with Crippen molar-refractivity contribution in [1.82, 2.24) is 0 Å². The van der Waals surface area contributed by atoms with E-state index in [2.05, 4.69) is 0 Å². The summed E-state index contributed by atoms with van der Waals surface area (Å²) in [5.74, 6) is -0.793. The molecule has 0 fully saturated rings. The molecule has 0 heterocycles. The molecular formula is C15H16FNO2S. The van der Waals surface area contributed by atoms with E-state index in [4.69, 9.17) is 5.73 Å². The second-order valence-corrected chi connectivity index (χ2v) is 6.77. The smallest absolute Gasteiger partial charge is 0.184 e. The van der Waals surface area contributed by atoms with Gasteiger partial charge < -0.3 is 5.73 Å². The van der Waals surface area contributed by atoms with Crippen LogP contribution in [0.2, 0.25) is 0 Å². The summed E-state index contributed by atoms with van der Waals surface area (Å²) in [6, 6.07) is 8.97. The maximum Gasteiger partial charge on any atom is 0.184 e. The minimum absolute atomic E-state index is 0.0673. The van der Waals surface area contributed by atoms with Gasteiger partial charge in [-0.15, -0.1) is 0 Å². The summed E-state index contributed by atoms with van der Waals surface area (Å²) in [4.78, 5) is -0.153. The van der Waals surface area contributed by atoms with Crippen molar-refractivity contribution < 1.29 is 12.8 Å². The topological polar surface area (TPSA) is 60.2 Å². The van der Waals surface area contributed by atoms with Crippen LogP contribution >= 0.6 is 0 Å². The molecule has 0 saturated heterocycles. The largest absolute Gasteiger partial charge is 0.398 e. The molecule has 0 aliphatic carbocycles. The number of anilines is 1. The Labute approximate surface area is 118 Å². The van der Waals surface area contributed by atoms with Crippen LogP contribution in [0.5, 0.6) is 0 Å². The molecule has 20 heavy (non-hydrogen) atoms. The van der Waals surface area contributed by atoms with E-state index in [-0.39, 0.29) is 16.3 Å². The van der Waals surface area contributed by atoms with Crippen LogP contribution in [0.3, 0.4) is 0 Å². The molecule has 2 N–H and O–H groups in total. The summed E-state index contributed by atoms with van der Waals surface area (Å²) in [6.07, 6.45) is 0. The zero-order chi connectivity index (χ0) is 14.9. The fourth-order valence-corrected chi connectivity index (χ4v) is 3.83. The summed E-state index contributed by atoms with van der Waals surface area (Å²) in [5.41, 5.74) is 8.24. The van der Waals surface area contributed by atoms with Crippen LogP contribution in [-0.2, 0) is 15.6 Å². The molecular weight excluding hydrogens is 277 g/mol. The van der Waals surface area contributed by atoms with Crippen LogP contribution in [0.1, 0.15) is 16.7 Å². The van der Waals surface area contributed by atoms with E-state index in [1.807, 2.05) is 32.0 Å². The standard InChI is InChI=1S/C15H16FNO2S/c1-10-4-3-5-11(2)13(10)9-20(18,19)15-8-12(16)6-7-14(15)17/h3-8H,9,17H2,1-2H3. The molecule has 0 spiro atoms. The van der Waals surface area contributed by atoms with Crippen molar-refractivity contribution in [2.24, 2.45) is 0 Å². The maximum atomic E-state index is 13.3. The van der Waals surface area contributed by atoms with Crippen LogP contribution in [0.25, 0.3) is 0 Å². The molecule has 5 heteroatoms. The van der Waals surface area contributed by atoms with Gasteiger partial charge in [0.15, 0.2) is 9.84 Å². The van der Waals surface area contributed by atoms with Gasteiger partial charge in [-0.2, -0.15) is 0 Å². The lowest BCUT2D eigenvalue weighted by atomic mass is 10.1. The van der Waals surface area contributed by atoms with Crippen LogP contribution in [0, 0.1) is 19.7 Å². The predicted octanol–water partition coefficient (Wildman–Crippen LogP) is 3.00. The number of nitrogen functional groups attached to an aromatic ring is 1. The van der Waals surface area contributed by atoms with Crippen LogP contribution < -0.4 is 5.73 Å². The summed E-state index contributed by atoms with van der Waals surface area (Å²) in [6.45, 7) is 3.71. The molecule has 0 amide bonds. The Morgan fingerprint density at radius 3 is 2.30 bits per heavy atom. The van der Waals surface area contributed by atoms with Crippen molar-refractivity contribution in [3.63, 3.8) is 0 Å². The van der Waals surface area contributed by atoms with Gasteiger partial charge in [0, 0.05) is 0 Å². The van der Waals surface area contributed by atoms with E-state index in [1.165, 1.54) is 6.07 Å². The van der Waals surface area contributed by atoms with E-state index >= 15 is 0 Å². The molecule has 0 aliphatic heterocycles. The van der Waals surface area contributed by atoms with E-state index < -0.39 is 15.7 Å². The van der Waals surface area contributed by atoms with E-state index in [0.29, 0.717) is 0 Å². The second kappa shape index (κ2) is 5.25. The zero-order valence-corrected chi connectivity index (χ0v) is 12.2. The SMILES string of the molecule is Cc1cccc(C)c1CS(=O)(=O)c1cc(F)ccc1N. The molecule has 0 radical (unpaired) electrons. The summed E-state index contributed by atoms with van der Waals surface area (Å²) in [5, 5.41) is 0. The Hall–Kier alpha value is -1.88. The number of nitrogens with two attached hydrogens (primary N) is 1. The van der Waals surface area contributed by atoms with Gasteiger partial charge in [0.05, 0.1) is 16.3 Å². The summed E-state index contributed by atoms with van der Waals surface area (Å²) in [7, 11) is -3.68. The van der Waals surface area contributed by atoms with Gasteiger partial charge in [-0.3, -0.25) is 0 Å². The molecule has 106 valence electrons. The fraction of sp³-hybridized carbons (Fsp3) is 0.200. The highest BCUT2D eigenvalue weighted by Gasteiger charge is 2.21. The van der Waals surface area contributed by atoms with E-state index in [9.17, 15) is 12.8 Å². The van der Waals surface area contributed by atoms with Crippen LogP contribution in [0.15, 0.2) is 41.3 Å². The lowest BCUT2D eigenvalue weighted by molar-refractivity contribution is 0.590. The second-order valence-electron chi connectivity index (χ2n) is 4.81. The summed E-state index contributed by atoms with van der Waals surface area (Å²) >= 11 is 0. The molecule has 2 rings (SSSR count). The van der Waals surface area contributed by atoms with Crippen molar-refractivity contribution in [3.05, 3.63) is 58.9 Å². The van der Waals surface area contributed by atoms with E-state index in [0.717, 1.165) is 28.8 Å². The maximum absolute atomic E-state index is 13.3. The van der Waals surface area contributed by atoms with Crippen LogP contribution in [-0.4, -0.2) is 8.42 Å². The number of halogens is 1. The number of hydrogen-bond acceptors (Lipinski definition) is 3. The molecule has 0 saturated carbocycles. The van der Waals surface area contributed by atoms with Crippen molar-refractivity contribution in [2.45, 2.75) is 24.5 Å².